The van der Waals surface area contributed by atoms with E-state index in [2.05, 4.69) is 6.07 Å². The van der Waals surface area contributed by atoms with Crippen LogP contribution in [0.2, 0.25) is 0 Å². The lowest BCUT2D eigenvalue weighted by atomic mass is 9.85. The van der Waals surface area contributed by atoms with Crippen LogP contribution in [0.15, 0.2) is 174 Å². The van der Waals surface area contributed by atoms with Gasteiger partial charge in [0.1, 0.15) is 11.2 Å². The van der Waals surface area contributed by atoms with Crippen molar-refractivity contribution in [2.24, 2.45) is 0 Å². The highest BCUT2D eigenvalue weighted by Crippen LogP contribution is 2.45. The third-order valence-electron chi connectivity index (χ3n) is 9.26. The van der Waals surface area contributed by atoms with Gasteiger partial charge in [-0.2, -0.15) is 0 Å². The van der Waals surface area contributed by atoms with Gasteiger partial charge < -0.3 is 4.42 Å². The predicted molar refractivity (Wildman–Crippen MR) is 200 cm³/mol. The van der Waals surface area contributed by atoms with E-state index < -0.39 is 24.2 Å². The van der Waals surface area contributed by atoms with Crippen LogP contribution in [0.3, 0.4) is 0 Å². The fourth-order valence-corrected chi connectivity index (χ4v) is 7.13. The number of hydrogen-bond donors (Lipinski definition) is 0. The summed E-state index contributed by atoms with van der Waals surface area (Å²) in [4.78, 5) is 0. The van der Waals surface area contributed by atoms with Crippen LogP contribution in [0.1, 0.15) is 11.0 Å². The summed E-state index contributed by atoms with van der Waals surface area (Å²) in [5.74, 6) is 0. The molecule has 0 bridgehead atoms. The fourth-order valence-electron chi connectivity index (χ4n) is 7.13. The Hall–Kier alpha value is -6.18. The van der Waals surface area contributed by atoms with E-state index in [1.54, 1.807) is 6.07 Å². The molecule has 0 N–H and O–H groups in total. The molecule has 1 heteroatoms. The maximum absolute atomic E-state index is 9.39. The van der Waals surface area contributed by atoms with E-state index in [4.69, 9.17) is 9.90 Å². The number of rotatable bonds is 3. The molecule has 0 saturated heterocycles. The molecule has 10 aromatic rings. The lowest BCUT2D eigenvalue weighted by Crippen LogP contribution is -1.91. The average Bonchev–Trinajstić information content (AvgIpc) is 3.60. The Morgan fingerprint density at radius 2 is 0.915 bits per heavy atom. The Labute approximate surface area is 283 Å². The van der Waals surface area contributed by atoms with Gasteiger partial charge in [0.25, 0.3) is 0 Å². The van der Waals surface area contributed by atoms with Gasteiger partial charge in [-0.15, -0.1) is 0 Å². The van der Waals surface area contributed by atoms with Crippen molar-refractivity contribution in [3.05, 3.63) is 170 Å². The van der Waals surface area contributed by atoms with E-state index in [-0.39, 0.29) is 45.7 Å². The molecule has 0 aliphatic carbocycles. The number of hydrogen-bond acceptors (Lipinski definition) is 1. The summed E-state index contributed by atoms with van der Waals surface area (Å²) >= 11 is 0. The van der Waals surface area contributed by atoms with Gasteiger partial charge in [0.15, 0.2) is 0 Å². The van der Waals surface area contributed by atoms with E-state index in [1.165, 1.54) is 0 Å². The van der Waals surface area contributed by atoms with Crippen LogP contribution in [0.4, 0.5) is 0 Å². The van der Waals surface area contributed by atoms with Crippen molar-refractivity contribution in [2.45, 2.75) is 0 Å². The van der Waals surface area contributed by atoms with Gasteiger partial charge in [0.05, 0.1) is 11.0 Å². The molecule has 1 aromatic heterocycles. The topological polar surface area (TPSA) is 13.1 Å². The minimum atomic E-state index is -0.435. The second-order valence-electron chi connectivity index (χ2n) is 11.9. The first kappa shape index (κ1) is 19.4. The first-order valence-electron chi connectivity index (χ1n) is 19.5. The molecule has 0 aliphatic heterocycles. The van der Waals surface area contributed by atoms with Crippen LogP contribution in [-0.2, 0) is 0 Å². The molecule has 1 nitrogen and oxygen atoms in total. The molecule has 9 aromatic carbocycles. The monoisotopic (exact) mass is 604 g/mol. The third kappa shape index (κ3) is 4.03. The Kier molecular flexibility index (Phi) is 4.19. The molecule has 0 radical (unpaired) electrons. The van der Waals surface area contributed by atoms with E-state index in [9.17, 15) is 5.48 Å². The molecular formula is C46H28O. The van der Waals surface area contributed by atoms with Crippen LogP contribution in [0.25, 0.3) is 98.4 Å². The summed E-state index contributed by atoms with van der Waals surface area (Å²) in [6, 6.07) is 36.3. The Morgan fingerprint density at radius 1 is 0.362 bits per heavy atom. The van der Waals surface area contributed by atoms with E-state index >= 15 is 0 Å². The number of furan rings is 1. The molecule has 0 amide bonds. The lowest BCUT2D eigenvalue weighted by Gasteiger charge is -2.18. The van der Waals surface area contributed by atoms with Crippen molar-refractivity contribution in [3.63, 3.8) is 0 Å². The molecule has 0 aliphatic rings. The maximum atomic E-state index is 9.39. The van der Waals surface area contributed by atoms with E-state index in [1.807, 2.05) is 109 Å². The predicted octanol–water partition coefficient (Wildman–Crippen LogP) is 13.2. The molecule has 0 atom stereocenters. The largest absolute Gasteiger partial charge is 0.456 e. The van der Waals surface area contributed by atoms with Crippen LogP contribution in [0.5, 0.6) is 0 Å². The Morgan fingerprint density at radius 3 is 1.66 bits per heavy atom. The average molecular weight is 605 g/mol. The van der Waals surface area contributed by atoms with Crippen LogP contribution >= 0.6 is 0 Å². The minimum Gasteiger partial charge on any atom is -0.456 e. The van der Waals surface area contributed by atoms with Crippen LogP contribution in [0, 0.1) is 0 Å². The van der Waals surface area contributed by atoms with E-state index in [0.717, 1.165) is 43.4 Å². The van der Waals surface area contributed by atoms with Gasteiger partial charge >= 0.3 is 0 Å². The first-order valence-corrected chi connectivity index (χ1v) is 15.5. The van der Waals surface area contributed by atoms with Gasteiger partial charge in [-0.1, -0.05) is 139 Å². The summed E-state index contributed by atoms with van der Waals surface area (Å²) in [6.45, 7) is 0. The van der Waals surface area contributed by atoms with Gasteiger partial charge in [0, 0.05) is 10.8 Å². The zero-order chi connectivity index (χ0) is 37.9. The number of fused-ring (bicyclic) bond motifs is 8. The standard InChI is InChI=1S/C46H28O/c1-2-12-31-26-33(21-20-29(31)10-1)32-13-9-14-34(27-32)44-37-16-5-7-18-39(37)45(40-19-8-6-17-38(40)44)35-23-24-42-41(28-35)46-36-15-4-3-11-30(36)22-25-43(46)47-42/h1-28H/i5D,6D,7D,8D,16D,17D,18D,19D. The SMILES string of the molecule is [2H]c1c([2H])c([2H])c2c(-c3ccc4oc5ccc6ccccc6c5c4c3)c3c([2H])c([2H])c([2H])c([2H])c3c(-c3cccc(-c4ccc5ccccc5c4)c3)c2c1[2H]. The Bertz CT molecular complexity index is 3230. The van der Waals surface area contributed by atoms with Gasteiger partial charge in [0.2, 0.25) is 0 Å². The Balaban J connectivity index is 1.37. The molecular weight excluding hydrogens is 569 g/mol. The van der Waals surface area contributed by atoms with E-state index in [0.29, 0.717) is 33.4 Å². The van der Waals surface area contributed by atoms with Crippen molar-refractivity contribution in [1.82, 2.24) is 0 Å². The zero-order valence-electron chi connectivity index (χ0n) is 33.0. The second-order valence-corrected chi connectivity index (χ2v) is 11.9. The minimum absolute atomic E-state index is 0.173. The summed E-state index contributed by atoms with van der Waals surface area (Å²) in [5.41, 5.74) is 4.80. The molecule has 218 valence electrons. The summed E-state index contributed by atoms with van der Waals surface area (Å²) in [6.07, 6.45) is 0. The van der Waals surface area contributed by atoms with Crippen molar-refractivity contribution < 1.29 is 15.4 Å². The molecule has 1 heterocycles. The third-order valence-corrected chi connectivity index (χ3v) is 9.26. The molecule has 0 unspecified atom stereocenters. The molecule has 47 heavy (non-hydrogen) atoms. The maximum Gasteiger partial charge on any atom is 0.136 e. The fraction of sp³-hybridized carbons (Fsp3) is 0. The summed E-state index contributed by atoms with van der Waals surface area (Å²) in [7, 11) is 0. The molecule has 0 spiro atoms. The van der Waals surface area contributed by atoms with Gasteiger partial charge in [-0.3, -0.25) is 0 Å². The number of benzene rings is 9. The first-order chi connectivity index (χ1) is 26.6. The highest BCUT2D eigenvalue weighted by atomic mass is 16.3. The molecule has 10 rings (SSSR count). The van der Waals surface area contributed by atoms with Crippen LogP contribution < -0.4 is 0 Å². The quantitative estimate of drug-likeness (QED) is 0.183. The summed E-state index contributed by atoms with van der Waals surface area (Å²) < 4.78 is 79.2. The normalized spacial score (nSPS) is 14.2. The lowest BCUT2D eigenvalue weighted by molar-refractivity contribution is 0.669. The van der Waals surface area contributed by atoms with Crippen LogP contribution in [-0.4, -0.2) is 0 Å². The van der Waals surface area contributed by atoms with Crippen molar-refractivity contribution >= 4 is 65.0 Å². The van der Waals surface area contributed by atoms with Gasteiger partial charge in [-0.25, -0.2) is 0 Å². The summed E-state index contributed by atoms with van der Waals surface area (Å²) in [5, 5.41) is 6.52. The van der Waals surface area contributed by atoms with Crippen molar-refractivity contribution in [2.75, 3.05) is 0 Å². The smallest absolute Gasteiger partial charge is 0.136 e. The highest BCUT2D eigenvalue weighted by Gasteiger charge is 2.18. The second kappa shape index (κ2) is 10.2. The zero-order valence-corrected chi connectivity index (χ0v) is 25.0. The van der Waals surface area contributed by atoms with Gasteiger partial charge in [-0.05, 0) is 107 Å². The van der Waals surface area contributed by atoms with Crippen molar-refractivity contribution in [3.8, 4) is 33.4 Å². The highest BCUT2D eigenvalue weighted by molar-refractivity contribution is 6.23. The molecule has 0 saturated carbocycles. The molecule has 0 fully saturated rings. The van der Waals surface area contributed by atoms with Crippen molar-refractivity contribution in [1.29, 1.82) is 0 Å².